The predicted molar refractivity (Wildman–Crippen MR) is 126 cm³/mol. The Hall–Kier alpha value is -2.77. The Kier molecular flexibility index (Phi) is 5.70. The summed E-state index contributed by atoms with van der Waals surface area (Å²) in [7, 11) is 0. The molecule has 0 bridgehead atoms. The molecule has 4 aromatic rings. The Morgan fingerprint density at radius 3 is 2.81 bits per heavy atom. The number of nitrogens with zero attached hydrogens (tertiary/aromatic N) is 2. The molecule has 0 fully saturated rings. The monoisotopic (exact) mass is 449 g/mol. The van der Waals surface area contributed by atoms with Crippen molar-refractivity contribution in [3.05, 3.63) is 85.4 Å². The zero-order valence-corrected chi connectivity index (χ0v) is 18.7. The first kappa shape index (κ1) is 20.2. The first-order valence-electron chi connectivity index (χ1n) is 10.6. The van der Waals surface area contributed by atoms with E-state index in [-0.39, 0.29) is 23.9 Å². The molecular weight excluding hydrogens is 426 g/mol. The van der Waals surface area contributed by atoms with E-state index in [0.29, 0.717) is 11.9 Å². The van der Waals surface area contributed by atoms with Crippen molar-refractivity contribution in [2.45, 2.75) is 44.7 Å². The zero-order valence-electron chi connectivity index (χ0n) is 17.0. The van der Waals surface area contributed by atoms with Crippen LogP contribution in [0.5, 0.6) is 0 Å². The molecule has 1 N–H and O–H groups in total. The fourth-order valence-electron chi connectivity index (χ4n) is 4.21. The molecule has 3 aromatic heterocycles. The van der Waals surface area contributed by atoms with Gasteiger partial charge in [-0.3, -0.25) is 14.2 Å². The largest absolute Gasteiger partial charge is 0.344 e. The summed E-state index contributed by atoms with van der Waals surface area (Å²) in [5.74, 6) is -0.0755. The third kappa shape index (κ3) is 4.20. The van der Waals surface area contributed by atoms with Crippen molar-refractivity contribution in [2.24, 2.45) is 0 Å². The first-order valence-corrected chi connectivity index (χ1v) is 12.3. The number of carbonyl (C=O) groups excluding carboxylic acids is 1. The van der Waals surface area contributed by atoms with Gasteiger partial charge in [0.15, 0.2) is 0 Å². The van der Waals surface area contributed by atoms with Gasteiger partial charge in [-0.25, -0.2) is 4.98 Å². The standard InChI is InChI=1S/C24H23N3O2S2/c28-21(9-11-27-15-25-23-19(24(27)29)10-13-31-23)26-22(20-6-3-12-30-20)18-8-7-16-4-1-2-5-17(16)14-18/h3,6-8,10,12-15,22H,1-2,4-5,9,11H2,(H,26,28). The molecule has 1 aromatic carbocycles. The molecule has 3 heterocycles. The topological polar surface area (TPSA) is 64.0 Å². The minimum atomic E-state index is -0.172. The smallest absolute Gasteiger partial charge is 0.262 e. The Morgan fingerprint density at radius 1 is 1.10 bits per heavy atom. The van der Waals surface area contributed by atoms with Gasteiger partial charge >= 0.3 is 0 Å². The molecule has 1 aliphatic rings. The van der Waals surface area contributed by atoms with Crippen LogP contribution < -0.4 is 10.9 Å². The second-order valence-corrected chi connectivity index (χ2v) is 9.76. The van der Waals surface area contributed by atoms with Gasteiger partial charge in [0.05, 0.1) is 17.8 Å². The summed E-state index contributed by atoms with van der Waals surface area (Å²) in [6, 6.07) is 12.3. The van der Waals surface area contributed by atoms with Gasteiger partial charge in [0.1, 0.15) is 4.83 Å². The number of amides is 1. The number of thiophene rings is 2. The van der Waals surface area contributed by atoms with Gasteiger partial charge in [-0.15, -0.1) is 22.7 Å². The highest BCUT2D eigenvalue weighted by Gasteiger charge is 2.20. The van der Waals surface area contributed by atoms with Crippen LogP contribution in [0, 0.1) is 0 Å². The summed E-state index contributed by atoms with van der Waals surface area (Å²) >= 11 is 3.09. The minimum Gasteiger partial charge on any atom is -0.344 e. The van der Waals surface area contributed by atoms with Gasteiger partial charge in [-0.05, 0) is 65.3 Å². The fourth-order valence-corrected chi connectivity index (χ4v) is 5.74. The van der Waals surface area contributed by atoms with Crippen LogP contribution in [0.1, 0.15) is 46.9 Å². The Balaban J connectivity index is 1.34. The quantitative estimate of drug-likeness (QED) is 0.464. The lowest BCUT2D eigenvalue weighted by molar-refractivity contribution is -0.121. The highest BCUT2D eigenvalue weighted by Crippen LogP contribution is 2.30. The molecule has 0 saturated heterocycles. The molecule has 5 nitrogen and oxygen atoms in total. The van der Waals surface area contributed by atoms with E-state index in [4.69, 9.17) is 0 Å². The molecule has 1 aliphatic carbocycles. The van der Waals surface area contributed by atoms with Crippen molar-refractivity contribution in [1.82, 2.24) is 14.9 Å². The number of hydrogen-bond acceptors (Lipinski definition) is 5. The van der Waals surface area contributed by atoms with E-state index in [1.165, 1.54) is 46.2 Å². The summed E-state index contributed by atoms with van der Waals surface area (Å²) in [6.07, 6.45) is 6.49. The van der Waals surface area contributed by atoms with Gasteiger partial charge in [-0.1, -0.05) is 24.3 Å². The van der Waals surface area contributed by atoms with Gasteiger partial charge in [0.25, 0.3) is 5.56 Å². The van der Waals surface area contributed by atoms with E-state index < -0.39 is 0 Å². The molecule has 158 valence electrons. The number of carbonyl (C=O) groups is 1. The second kappa shape index (κ2) is 8.77. The average Bonchev–Trinajstić information content (AvgIpc) is 3.49. The summed E-state index contributed by atoms with van der Waals surface area (Å²) < 4.78 is 1.52. The maximum Gasteiger partial charge on any atom is 0.262 e. The summed E-state index contributed by atoms with van der Waals surface area (Å²) in [5.41, 5.74) is 3.86. The number of nitrogens with one attached hydrogen (secondary N) is 1. The van der Waals surface area contributed by atoms with Crippen molar-refractivity contribution >= 4 is 38.8 Å². The van der Waals surface area contributed by atoms with Gasteiger partial charge in [-0.2, -0.15) is 0 Å². The van der Waals surface area contributed by atoms with Crippen molar-refractivity contribution in [2.75, 3.05) is 0 Å². The minimum absolute atomic E-state index is 0.0755. The van der Waals surface area contributed by atoms with Crippen LogP contribution in [0.2, 0.25) is 0 Å². The molecule has 7 heteroatoms. The van der Waals surface area contributed by atoms with Crippen LogP contribution in [0.3, 0.4) is 0 Å². The molecule has 0 radical (unpaired) electrons. The molecular formula is C24H23N3O2S2. The lowest BCUT2D eigenvalue weighted by atomic mass is 9.89. The number of fused-ring (bicyclic) bond motifs is 2. The number of rotatable bonds is 6. The van der Waals surface area contributed by atoms with Crippen molar-refractivity contribution in [3.8, 4) is 0 Å². The maximum atomic E-state index is 12.9. The van der Waals surface area contributed by atoms with E-state index in [2.05, 4.69) is 34.6 Å². The molecule has 5 rings (SSSR count). The van der Waals surface area contributed by atoms with E-state index in [1.54, 1.807) is 17.4 Å². The molecule has 0 aliphatic heterocycles. The van der Waals surface area contributed by atoms with Crippen molar-refractivity contribution in [1.29, 1.82) is 0 Å². The van der Waals surface area contributed by atoms with E-state index >= 15 is 0 Å². The highest BCUT2D eigenvalue weighted by molar-refractivity contribution is 7.16. The number of aryl methyl sites for hydroxylation is 3. The Morgan fingerprint density at radius 2 is 1.97 bits per heavy atom. The maximum absolute atomic E-state index is 12.9. The van der Waals surface area contributed by atoms with E-state index in [0.717, 1.165) is 28.1 Å². The van der Waals surface area contributed by atoms with E-state index in [9.17, 15) is 9.59 Å². The second-order valence-electron chi connectivity index (χ2n) is 7.88. The summed E-state index contributed by atoms with van der Waals surface area (Å²) in [4.78, 5) is 31.6. The van der Waals surface area contributed by atoms with Gasteiger partial charge in [0.2, 0.25) is 5.91 Å². The zero-order chi connectivity index (χ0) is 21.2. The van der Waals surface area contributed by atoms with Crippen LogP contribution >= 0.6 is 22.7 Å². The van der Waals surface area contributed by atoms with E-state index in [1.807, 2.05) is 16.8 Å². The number of hydrogen-bond donors (Lipinski definition) is 1. The van der Waals surface area contributed by atoms with Crippen LogP contribution in [-0.4, -0.2) is 15.5 Å². The molecule has 0 saturated carbocycles. The van der Waals surface area contributed by atoms with Gasteiger partial charge < -0.3 is 5.32 Å². The normalized spacial score (nSPS) is 14.3. The third-order valence-corrected chi connectivity index (χ3v) is 7.63. The van der Waals surface area contributed by atoms with Crippen LogP contribution in [0.4, 0.5) is 0 Å². The van der Waals surface area contributed by atoms with Crippen molar-refractivity contribution < 1.29 is 4.79 Å². The fraction of sp³-hybridized carbons (Fsp3) is 0.292. The molecule has 0 spiro atoms. The third-order valence-electron chi connectivity index (χ3n) is 5.87. The van der Waals surface area contributed by atoms with Gasteiger partial charge in [0, 0.05) is 17.8 Å². The Bertz CT molecular complexity index is 1270. The van der Waals surface area contributed by atoms with Crippen LogP contribution in [0.15, 0.2) is 58.3 Å². The molecule has 1 atom stereocenters. The lowest BCUT2D eigenvalue weighted by Gasteiger charge is -2.22. The van der Waals surface area contributed by atoms with Crippen LogP contribution in [-0.2, 0) is 24.2 Å². The van der Waals surface area contributed by atoms with Crippen molar-refractivity contribution in [3.63, 3.8) is 0 Å². The highest BCUT2D eigenvalue weighted by atomic mass is 32.1. The summed E-state index contributed by atoms with van der Waals surface area (Å²) in [5, 5.41) is 7.71. The SMILES string of the molecule is O=C(CCn1cnc2sccc2c1=O)NC(c1ccc2c(c1)CCCC2)c1cccs1. The molecule has 1 unspecified atom stereocenters. The number of benzene rings is 1. The predicted octanol–water partition coefficient (Wildman–Crippen LogP) is 4.69. The molecule has 31 heavy (non-hydrogen) atoms. The lowest BCUT2D eigenvalue weighted by Crippen LogP contribution is -2.31. The summed E-state index contributed by atoms with van der Waals surface area (Å²) in [6.45, 7) is 0.310. The number of aromatic nitrogens is 2. The average molecular weight is 450 g/mol. The molecule has 1 amide bonds. The Labute approximate surface area is 188 Å². The first-order chi connectivity index (χ1) is 15.2. The van der Waals surface area contributed by atoms with Crippen LogP contribution in [0.25, 0.3) is 10.2 Å².